The van der Waals surface area contributed by atoms with Gasteiger partial charge >= 0.3 is 5.97 Å². The number of pyridine rings is 1. The Morgan fingerprint density at radius 3 is 2.83 bits per heavy atom. The van der Waals surface area contributed by atoms with Crippen molar-refractivity contribution in [1.29, 1.82) is 0 Å². The Bertz CT molecular complexity index is 734. The van der Waals surface area contributed by atoms with Crippen LogP contribution in [0.4, 0.5) is 0 Å². The van der Waals surface area contributed by atoms with Gasteiger partial charge in [0.25, 0.3) is 0 Å². The lowest BCUT2D eigenvalue weighted by Gasteiger charge is -2.03. The molecule has 0 aliphatic heterocycles. The molecule has 5 nitrogen and oxygen atoms in total. The molecule has 0 bridgehead atoms. The summed E-state index contributed by atoms with van der Waals surface area (Å²) in [6, 6.07) is 9.27. The summed E-state index contributed by atoms with van der Waals surface area (Å²) in [6.07, 6.45) is 4.65. The molecule has 0 fully saturated rings. The molecular weight excluding hydrogens is 230 g/mol. The van der Waals surface area contributed by atoms with Crippen molar-refractivity contribution < 1.29 is 9.90 Å². The molecule has 1 aromatic carbocycles. The maximum atomic E-state index is 10.9. The predicted molar refractivity (Wildman–Crippen MR) is 65.8 cm³/mol. The number of aromatic nitrogens is 3. The van der Waals surface area contributed by atoms with E-state index < -0.39 is 5.97 Å². The van der Waals surface area contributed by atoms with E-state index in [2.05, 4.69) is 10.1 Å². The minimum Gasteiger partial charge on any atom is -0.478 e. The number of aromatic carboxylic acids is 1. The van der Waals surface area contributed by atoms with Gasteiger partial charge in [-0.2, -0.15) is 5.10 Å². The van der Waals surface area contributed by atoms with E-state index in [1.807, 2.05) is 24.3 Å². The number of hydrogen-bond acceptors (Lipinski definition) is 3. The maximum absolute atomic E-state index is 10.9. The van der Waals surface area contributed by atoms with Crippen LogP contribution in [0.15, 0.2) is 48.9 Å². The lowest BCUT2D eigenvalue weighted by atomic mass is 10.2. The highest BCUT2D eigenvalue weighted by Gasteiger charge is 2.08. The Balaban J connectivity index is 2.20. The van der Waals surface area contributed by atoms with Gasteiger partial charge < -0.3 is 5.11 Å². The van der Waals surface area contributed by atoms with Gasteiger partial charge in [0, 0.05) is 11.6 Å². The smallest absolute Gasteiger partial charge is 0.337 e. The number of carbonyl (C=O) groups is 1. The van der Waals surface area contributed by atoms with Gasteiger partial charge in [-0.25, -0.2) is 9.48 Å². The van der Waals surface area contributed by atoms with Gasteiger partial charge in [-0.15, -0.1) is 0 Å². The van der Waals surface area contributed by atoms with E-state index in [4.69, 9.17) is 5.11 Å². The van der Waals surface area contributed by atoms with E-state index in [-0.39, 0.29) is 5.56 Å². The van der Waals surface area contributed by atoms with Gasteiger partial charge in [0.05, 0.1) is 29.2 Å². The number of carboxylic acids is 1. The molecule has 0 saturated heterocycles. The Labute approximate surface area is 102 Å². The summed E-state index contributed by atoms with van der Waals surface area (Å²) >= 11 is 0. The Morgan fingerprint density at radius 1 is 1.17 bits per heavy atom. The first-order valence-corrected chi connectivity index (χ1v) is 5.37. The fourth-order valence-electron chi connectivity index (χ4n) is 1.84. The van der Waals surface area contributed by atoms with Crippen molar-refractivity contribution in [3.63, 3.8) is 0 Å². The topological polar surface area (TPSA) is 68.0 Å². The first-order chi connectivity index (χ1) is 8.75. The first-order valence-electron chi connectivity index (χ1n) is 5.37. The Kier molecular flexibility index (Phi) is 2.30. The molecule has 2 heterocycles. The average molecular weight is 239 g/mol. The third-order valence-corrected chi connectivity index (χ3v) is 2.69. The normalized spacial score (nSPS) is 10.7. The van der Waals surface area contributed by atoms with Crippen LogP contribution in [0.3, 0.4) is 0 Å². The van der Waals surface area contributed by atoms with E-state index in [0.717, 1.165) is 10.9 Å². The molecule has 1 N–H and O–H groups in total. The fraction of sp³-hybridized carbons (Fsp3) is 0. The molecule has 0 aliphatic carbocycles. The van der Waals surface area contributed by atoms with Crippen LogP contribution in [0.25, 0.3) is 16.6 Å². The van der Waals surface area contributed by atoms with E-state index in [0.29, 0.717) is 5.69 Å². The first kappa shape index (κ1) is 10.5. The zero-order valence-corrected chi connectivity index (χ0v) is 9.32. The highest BCUT2D eigenvalue weighted by molar-refractivity contribution is 5.88. The van der Waals surface area contributed by atoms with Crippen LogP contribution in [0.5, 0.6) is 0 Å². The molecule has 0 radical (unpaired) electrons. The molecule has 0 spiro atoms. The zero-order valence-electron chi connectivity index (χ0n) is 9.32. The van der Waals surface area contributed by atoms with Gasteiger partial charge in [-0.3, -0.25) is 4.98 Å². The maximum Gasteiger partial charge on any atom is 0.337 e. The quantitative estimate of drug-likeness (QED) is 0.743. The van der Waals surface area contributed by atoms with Crippen molar-refractivity contribution >= 4 is 16.9 Å². The molecule has 0 amide bonds. The lowest BCUT2D eigenvalue weighted by Crippen LogP contribution is -2.02. The van der Waals surface area contributed by atoms with E-state index in [1.54, 1.807) is 23.1 Å². The number of para-hydroxylation sites is 1. The van der Waals surface area contributed by atoms with Gasteiger partial charge in [0.15, 0.2) is 0 Å². The van der Waals surface area contributed by atoms with Crippen LogP contribution in [0.2, 0.25) is 0 Å². The molecule has 0 unspecified atom stereocenters. The number of hydrogen-bond donors (Lipinski definition) is 1. The summed E-state index contributed by atoms with van der Waals surface area (Å²) in [5, 5.41) is 14.2. The lowest BCUT2D eigenvalue weighted by molar-refractivity contribution is 0.0696. The van der Waals surface area contributed by atoms with Crippen molar-refractivity contribution in [3.05, 3.63) is 54.5 Å². The van der Waals surface area contributed by atoms with Gasteiger partial charge in [0.2, 0.25) is 0 Å². The van der Waals surface area contributed by atoms with Crippen LogP contribution in [-0.4, -0.2) is 25.8 Å². The number of carboxylic acid groups (broad SMARTS) is 1. The highest BCUT2D eigenvalue weighted by Crippen LogP contribution is 2.17. The van der Waals surface area contributed by atoms with Gasteiger partial charge in [-0.1, -0.05) is 18.2 Å². The molecule has 3 aromatic rings. The summed E-state index contributed by atoms with van der Waals surface area (Å²) < 4.78 is 1.68. The second-order valence-corrected chi connectivity index (χ2v) is 3.85. The van der Waals surface area contributed by atoms with Crippen LogP contribution in [0, 0.1) is 0 Å². The van der Waals surface area contributed by atoms with Crippen LogP contribution in [-0.2, 0) is 0 Å². The SMILES string of the molecule is O=C(O)c1cncc(-n2ncc3ccccc32)c1. The Morgan fingerprint density at radius 2 is 2.00 bits per heavy atom. The van der Waals surface area contributed by atoms with Gasteiger partial charge in [-0.05, 0) is 12.1 Å². The molecule has 0 saturated carbocycles. The van der Waals surface area contributed by atoms with Crippen molar-refractivity contribution in [2.75, 3.05) is 0 Å². The highest BCUT2D eigenvalue weighted by atomic mass is 16.4. The monoisotopic (exact) mass is 239 g/mol. The summed E-state index contributed by atoms with van der Waals surface area (Å²) in [7, 11) is 0. The third kappa shape index (κ3) is 1.62. The Hall–Kier alpha value is -2.69. The second kappa shape index (κ2) is 3.96. The second-order valence-electron chi connectivity index (χ2n) is 3.85. The fourth-order valence-corrected chi connectivity index (χ4v) is 1.84. The number of fused-ring (bicyclic) bond motifs is 1. The van der Waals surface area contributed by atoms with Crippen molar-refractivity contribution in [2.24, 2.45) is 0 Å². The summed E-state index contributed by atoms with van der Waals surface area (Å²) in [6.45, 7) is 0. The van der Waals surface area contributed by atoms with Crippen molar-refractivity contribution in [3.8, 4) is 5.69 Å². The standard InChI is InChI=1S/C13H9N3O2/c17-13(18)10-5-11(8-14-6-10)16-12-4-2-1-3-9(12)7-15-16/h1-8H,(H,17,18). The summed E-state index contributed by atoms with van der Waals surface area (Å²) in [4.78, 5) is 14.8. The largest absolute Gasteiger partial charge is 0.478 e. The van der Waals surface area contributed by atoms with E-state index >= 15 is 0 Å². The van der Waals surface area contributed by atoms with Crippen LogP contribution in [0.1, 0.15) is 10.4 Å². The molecule has 18 heavy (non-hydrogen) atoms. The summed E-state index contributed by atoms with van der Waals surface area (Å²) in [5.41, 5.74) is 1.70. The predicted octanol–water partition coefficient (Wildman–Crippen LogP) is 2.12. The molecule has 3 rings (SSSR count). The minimum atomic E-state index is -0.999. The molecule has 88 valence electrons. The molecule has 0 aliphatic rings. The van der Waals surface area contributed by atoms with Crippen molar-refractivity contribution in [2.45, 2.75) is 0 Å². The molecular formula is C13H9N3O2. The van der Waals surface area contributed by atoms with Crippen molar-refractivity contribution in [1.82, 2.24) is 14.8 Å². The molecule has 0 atom stereocenters. The summed E-state index contributed by atoms with van der Waals surface area (Å²) in [5.74, 6) is -0.999. The van der Waals surface area contributed by atoms with Crippen LogP contribution < -0.4 is 0 Å². The third-order valence-electron chi connectivity index (χ3n) is 2.69. The van der Waals surface area contributed by atoms with Gasteiger partial charge in [0.1, 0.15) is 0 Å². The van der Waals surface area contributed by atoms with Crippen LogP contribution >= 0.6 is 0 Å². The number of benzene rings is 1. The molecule has 2 aromatic heterocycles. The number of nitrogens with zero attached hydrogens (tertiary/aromatic N) is 3. The van der Waals surface area contributed by atoms with E-state index in [1.165, 1.54) is 6.20 Å². The van der Waals surface area contributed by atoms with E-state index in [9.17, 15) is 4.79 Å². The zero-order chi connectivity index (χ0) is 12.5. The number of rotatable bonds is 2. The minimum absolute atomic E-state index is 0.145. The average Bonchev–Trinajstić information content (AvgIpc) is 2.82. The molecule has 5 heteroatoms.